The van der Waals surface area contributed by atoms with Gasteiger partial charge in [0.25, 0.3) is 0 Å². The molecule has 0 aliphatic heterocycles. The van der Waals surface area contributed by atoms with Gasteiger partial charge in [0.05, 0.1) is 6.20 Å². The highest BCUT2D eigenvalue weighted by Crippen LogP contribution is 2.17. The topological polar surface area (TPSA) is 41.9 Å². The molecule has 1 aromatic heterocycles. The van der Waals surface area contributed by atoms with Crippen LogP contribution < -0.4 is 10.6 Å². The van der Waals surface area contributed by atoms with Crippen LogP contribution in [-0.2, 0) is 13.6 Å². The van der Waals surface area contributed by atoms with Crippen molar-refractivity contribution in [3.05, 3.63) is 47.3 Å². The van der Waals surface area contributed by atoms with Gasteiger partial charge in [0, 0.05) is 30.5 Å². The number of thiocarbonyl (C=S) groups is 1. The monoisotopic (exact) mass is 302 g/mol. The Bertz CT molecular complexity index is 614. The third-order valence-corrected chi connectivity index (χ3v) is 3.86. The van der Waals surface area contributed by atoms with Crippen molar-refractivity contribution >= 4 is 23.0 Å². The van der Waals surface area contributed by atoms with Crippen LogP contribution in [0, 0.1) is 6.92 Å². The van der Waals surface area contributed by atoms with Crippen molar-refractivity contribution < 1.29 is 0 Å². The van der Waals surface area contributed by atoms with Crippen LogP contribution >= 0.6 is 12.2 Å². The minimum Gasteiger partial charge on any atom is -0.358 e. The standard InChI is InChI=1S/C16H22N4S/c1-11(2)13-5-7-15(8-6-13)19-16(21)17-9-14-10-18-20(4)12(14)3/h5-8,10-11H,9H2,1-4H3,(H2,17,19,21). The van der Waals surface area contributed by atoms with E-state index in [1.54, 1.807) is 0 Å². The van der Waals surface area contributed by atoms with Gasteiger partial charge in [-0.25, -0.2) is 0 Å². The Balaban J connectivity index is 1.88. The molecule has 0 spiro atoms. The van der Waals surface area contributed by atoms with Crippen LogP contribution in [0.3, 0.4) is 0 Å². The predicted octanol–water partition coefficient (Wildman–Crippen LogP) is 3.34. The van der Waals surface area contributed by atoms with Crippen molar-refractivity contribution in [1.82, 2.24) is 15.1 Å². The summed E-state index contributed by atoms with van der Waals surface area (Å²) in [5, 5.41) is 11.2. The molecule has 0 unspecified atom stereocenters. The maximum absolute atomic E-state index is 5.32. The maximum Gasteiger partial charge on any atom is 0.171 e. The quantitative estimate of drug-likeness (QED) is 0.850. The van der Waals surface area contributed by atoms with Crippen molar-refractivity contribution in [3.63, 3.8) is 0 Å². The molecule has 0 aliphatic rings. The highest BCUT2D eigenvalue weighted by molar-refractivity contribution is 7.80. The van der Waals surface area contributed by atoms with Crippen LogP contribution in [0.15, 0.2) is 30.5 Å². The maximum atomic E-state index is 5.32. The molecular weight excluding hydrogens is 280 g/mol. The molecule has 0 saturated carbocycles. The van der Waals surface area contributed by atoms with Crippen molar-refractivity contribution in [2.45, 2.75) is 33.2 Å². The van der Waals surface area contributed by atoms with Crippen molar-refractivity contribution in [1.29, 1.82) is 0 Å². The van der Waals surface area contributed by atoms with Gasteiger partial charge in [0.15, 0.2) is 5.11 Å². The average Bonchev–Trinajstić information content (AvgIpc) is 2.77. The van der Waals surface area contributed by atoms with E-state index in [2.05, 4.69) is 53.8 Å². The molecule has 112 valence electrons. The lowest BCUT2D eigenvalue weighted by molar-refractivity contribution is 0.736. The van der Waals surface area contributed by atoms with Crippen LogP contribution in [0.5, 0.6) is 0 Å². The second-order valence-corrected chi connectivity index (χ2v) is 5.87. The minimum absolute atomic E-state index is 0.540. The fourth-order valence-electron chi connectivity index (χ4n) is 2.02. The third-order valence-electron chi connectivity index (χ3n) is 3.61. The fourth-order valence-corrected chi connectivity index (χ4v) is 2.21. The second kappa shape index (κ2) is 6.72. The molecule has 4 nitrogen and oxygen atoms in total. The van der Waals surface area contributed by atoms with Gasteiger partial charge in [-0.2, -0.15) is 5.10 Å². The first kappa shape index (κ1) is 15.5. The van der Waals surface area contributed by atoms with E-state index in [1.807, 2.05) is 24.9 Å². The SMILES string of the molecule is Cc1c(CNC(=S)Nc2ccc(C(C)C)cc2)cnn1C. The Morgan fingerprint density at radius 3 is 2.48 bits per heavy atom. The molecule has 1 aromatic carbocycles. The molecule has 0 atom stereocenters. The molecule has 0 fully saturated rings. The molecule has 2 N–H and O–H groups in total. The van der Waals surface area contributed by atoms with E-state index in [0.717, 1.165) is 16.9 Å². The first-order valence-corrected chi connectivity index (χ1v) is 7.50. The van der Waals surface area contributed by atoms with Gasteiger partial charge >= 0.3 is 0 Å². The lowest BCUT2D eigenvalue weighted by Gasteiger charge is -2.11. The van der Waals surface area contributed by atoms with E-state index in [0.29, 0.717) is 17.6 Å². The summed E-state index contributed by atoms with van der Waals surface area (Å²) in [5.74, 6) is 0.540. The largest absolute Gasteiger partial charge is 0.358 e. The molecule has 0 amide bonds. The van der Waals surface area contributed by atoms with Crippen LogP contribution in [0.4, 0.5) is 5.69 Å². The minimum atomic E-state index is 0.540. The highest BCUT2D eigenvalue weighted by atomic mass is 32.1. The third kappa shape index (κ3) is 4.04. The van der Waals surface area contributed by atoms with E-state index >= 15 is 0 Å². The number of nitrogens with zero attached hydrogens (tertiary/aromatic N) is 2. The zero-order valence-electron chi connectivity index (χ0n) is 13.0. The van der Waals surface area contributed by atoms with Gasteiger partial charge in [-0.1, -0.05) is 26.0 Å². The van der Waals surface area contributed by atoms with Crippen LogP contribution in [0.1, 0.15) is 36.6 Å². The van der Waals surface area contributed by atoms with Crippen LogP contribution in [0.2, 0.25) is 0 Å². The summed E-state index contributed by atoms with van der Waals surface area (Å²) < 4.78 is 1.86. The van der Waals surface area contributed by atoms with Gasteiger partial charge in [0.2, 0.25) is 0 Å². The zero-order chi connectivity index (χ0) is 15.4. The van der Waals surface area contributed by atoms with Gasteiger partial charge < -0.3 is 10.6 Å². The van der Waals surface area contributed by atoms with Gasteiger partial charge in [-0.05, 0) is 42.8 Å². The van der Waals surface area contributed by atoms with Crippen molar-refractivity contribution in [3.8, 4) is 0 Å². The molecular formula is C16H22N4S. The molecule has 0 saturated heterocycles. The number of aryl methyl sites for hydroxylation is 1. The van der Waals surface area contributed by atoms with Crippen LogP contribution in [0.25, 0.3) is 0 Å². The summed E-state index contributed by atoms with van der Waals surface area (Å²) in [5.41, 5.74) is 4.62. The normalized spacial score (nSPS) is 10.7. The molecule has 0 radical (unpaired) electrons. The smallest absolute Gasteiger partial charge is 0.171 e. The highest BCUT2D eigenvalue weighted by Gasteiger charge is 2.05. The molecule has 0 aliphatic carbocycles. The Morgan fingerprint density at radius 2 is 1.95 bits per heavy atom. The first-order valence-electron chi connectivity index (χ1n) is 7.09. The van der Waals surface area contributed by atoms with E-state index < -0.39 is 0 Å². The summed E-state index contributed by atoms with van der Waals surface area (Å²) in [4.78, 5) is 0. The Morgan fingerprint density at radius 1 is 1.29 bits per heavy atom. The molecule has 1 heterocycles. The zero-order valence-corrected chi connectivity index (χ0v) is 13.8. The summed E-state index contributed by atoms with van der Waals surface area (Å²) in [6, 6.07) is 8.36. The lowest BCUT2D eigenvalue weighted by atomic mass is 10.0. The number of aromatic nitrogens is 2. The Labute approximate surface area is 131 Å². The molecule has 2 aromatic rings. The Kier molecular flexibility index (Phi) is 4.96. The number of rotatable bonds is 4. The van der Waals surface area contributed by atoms with E-state index in [1.165, 1.54) is 5.56 Å². The van der Waals surface area contributed by atoms with E-state index in [9.17, 15) is 0 Å². The molecule has 0 bridgehead atoms. The number of hydrogen-bond acceptors (Lipinski definition) is 2. The number of hydrogen-bond donors (Lipinski definition) is 2. The second-order valence-electron chi connectivity index (χ2n) is 5.46. The van der Waals surface area contributed by atoms with E-state index in [4.69, 9.17) is 12.2 Å². The van der Waals surface area contributed by atoms with Gasteiger partial charge in [0.1, 0.15) is 0 Å². The molecule has 5 heteroatoms. The van der Waals surface area contributed by atoms with Gasteiger partial charge in [-0.15, -0.1) is 0 Å². The summed E-state index contributed by atoms with van der Waals surface area (Å²) in [7, 11) is 1.94. The van der Waals surface area contributed by atoms with Crippen LogP contribution in [-0.4, -0.2) is 14.9 Å². The predicted molar refractivity (Wildman–Crippen MR) is 91.5 cm³/mol. The lowest BCUT2D eigenvalue weighted by Crippen LogP contribution is -2.28. The molecule has 2 rings (SSSR count). The average molecular weight is 302 g/mol. The van der Waals surface area contributed by atoms with Crippen molar-refractivity contribution in [2.24, 2.45) is 7.05 Å². The number of anilines is 1. The fraction of sp³-hybridized carbons (Fsp3) is 0.375. The number of nitrogens with one attached hydrogen (secondary N) is 2. The summed E-state index contributed by atoms with van der Waals surface area (Å²) >= 11 is 5.32. The summed E-state index contributed by atoms with van der Waals surface area (Å²) in [6.07, 6.45) is 1.86. The van der Waals surface area contributed by atoms with Gasteiger partial charge in [-0.3, -0.25) is 4.68 Å². The molecule has 21 heavy (non-hydrogen) atoms. The summed E-state index contributed by atoms with van der Waals surface area (Å²) in [6.45, 7) is 7.09. The Hall–Kier alpha value is -1.88. The van der Waals surface area contributed by atoms with E-state index in [-0.39, 0.29) is 0 Å². The number of benzene rings is 1. The van der Waals surface area contributed by atoms with Crippen molar-refractivity contribution in [2.75, 3.05) is 5.32 Å². The first-order chi connectivity index (χ1) is 9.97.